The first-order valence-corrected chi connectivity index (χ1v) is 11.7. The number of hydrogen-bond donors (Lipinski definition) is 1. The molecule has 0 saturated carbocycles. The van der Waals surface area contributed by atoms with Gasteiger partial charge >= 0.3 is 5.97 Å². The molecule has 5 rings (SSSR count). The van der Waals surface area contributed by atoms with Gasteiger partial charge in [0, 0.05) is 24.0 Å². The maximum absolute atomic E-state index is 10.9. The van der Waals surface area contributed by atoms with Crippen LogP contribution in [0.4, 0.5) is 11.4 Å². The molecule has 1 unspecified atom stereocenters. The number of rotatable bonds is 6. The summed E-state index contributed by atoms with van der Waals surface area (Å²) in [7, 11) is 0. The van der Waals surface area contributed by atoms with Crippen molar-refractivity contribution in [2.45, 2.75) is 57.6 Å². The van der Waals surface area contributed by atoms with E-state index in [2.05, 4.69) is 62.1 Å². The molecular formula is C28H30N2O3. The van der Waals surface area contributed by atoms with Gasteiger partial charge in [0.25, 0.3) is 0 Å². The third-order valence-corrected chi connectivity index (χ3v) is 7.18. The first kappa shape index (κ1) is 21.5. The molecule has 0 bridgehead atoms. The van der Waals surface area contributed by atoms with Crippen LogP contribution in [0.1, 0.15) is 50.7 Å². The average molecular weight is 443 g/mol. The average Bonchev–Trinajstić information content (AvgIpc) is 2.96. The molecule has 2 aliphatic heterocycles. The molecule has 170 valence electrons. The number of nitrogens with zero attached hydrogens (tertiary/aromatic N) is 2. The quantitative estimate of drug-likeness (QED) is 0.450. The Morgan fingerprint density at radius 3 is 2.70 bits per heavy atom. The minimum Gasteiger partial charge on any atom is -0.481 e. The number of hydrogen-bond acceptors (Lipinski definition) is 4. The molecule has 1 N–H and O–H groups in total. The largest absolute Gasteiger partial charge is 0.481 e. The number of benzene rings is 3. The van der Waals surface area contributed by atoms with Crippen LogP contribution in [0.25, 0.3) is 10.8 Å². The van der Waals surface area contributed by atoms with Gasteiger partial charge in [0.1, 0.15) is 11.4 Å². The van der Waals surface area contributed by atoms with Crippen molar-refractivity contribution >= 4 is 34.3 Å². The number of aliphatic carboxylic acids is 1. The molecule has 33 heavy (non-hydrogen) atoms. The molecule has 3 aromatic carbocycles. The lowest BCUT2D eigenvalue weighted by Gasteiger charge is -2.46. The predicted molar refractivity (Wildman–Crippen MR) is 133 cm³/mol. The molecule has 0 fully saturated rings. The van der Waals surface area contributed by atoms with Crippen LogP contribution < -0.4 is 9.64 Å². The molecule has 1 atom stereocenters. The van der Waals surface area contributed by atoms with Gasteiger partial charge in [0.2, 0.25) is 5.72 Å². The van der Waals surface area contributed by atoms with E-state index in [0.717, 1.165) is 41.6 Å². The van der Waals surface area contributed by atoms with E-state index in [9.17, 15) is 4.79 Å². The zero-order valence-electron chi connectivity index (χ0n) is 19.5. The first-order chi connectivity index (χ1) is 15.8. The standard InChI is InChI=1S/C28H30N2O3/c1-19-12-14-23-22(17-19)27(2,3)28(30(23)16-8-4-5-11-25(31)32)18-29-26-21-10-7-6-9-20(21)13-15-24(26)33-28/h6-7,9-10,12-15,17-18H,4-5,8,11,16H2,1-3H3,(H,31,32). The number of fused-ring (bicyclic) bond motifs is 4. The summed E-state index contributed by atoms with van der Waals surface area (Å²) in [5, 5.41) is 11.2. The van der Waals surface area contributed by atoms with Crippen LogP contribution in [0.2, 0.25) is 0 Å². The summed E-state index contributed by atoms with van der Waals surface area (Å²) in [5.41, 5.74) is 3.44. The molecule has 0 aromatic heterocycles. The van der Waals surface area contributed by atoms with Crippen LogP contribution in [0.15, 0.2) is 59.6 Å². The van der Waals surface area contributed by atoms with Gasteiger partial charge in [-0.1, -0.05) is 54.4 Å². The highest BCUT2D eigenvalue weighted by Gasteiger charge is 2.59. The van der Waals surface area contributed by atoms with Crippen molar-refractivity contribution in [1.82, 2.24) is 0 Å². The van der Waals surface area contributed by atoms with E-state index in [1.807, 2.05) is 24.4 Å². The van der Waals surface area contributed by atoms with E-state index in [1.54, 1.807) is 0 Å². The lowest BCUT2D eigenvalue weighted by Crippen LogP contribution is -2.62. The number of unbranched alkanes of at least 4 members (excludes halogenated alkanes) is 2. The number of ether oxygens (including phenoxy) is 1. The number of anilines is 1. The molecule has 5 heteroatoms. The van der Waals surface area contributed by atoms with Gasteiger partial charge < -0.3 is 14.7 Å². The van der Waals surface area contributed by atoms with Gasteiger partial charge in [-0.05, 0) is 56.7 Å². The lowest BCUT2D eigenvalue weighted by atomic mass is 9.77. The summed E-state index contributed by atoms with van der Waals surface area (Å²) in [6.07, 6.45) is 4.64. The second kappa shape index (κ2) is 7.91. The molecular weight excluding hydrogens is 412 g/mol. The molecule has 2 aliphatic rings. The van der Waals surface area contributed by atoms with Crippen LogP contribution in [0.3, 0.4) is 0 Å². The fourth-order valence-electron chi connectivity index (χ4n) is 5.32. The summed E-state index contributed by atoms with van der Waals surface area (Å²) in [6, 6.07) is 19.0. The number of carboxylic acid groups (broad SMARTS) is 1. The summed E-state index contributed by atoms with van der Waals surface area (Å²) in [6.45, 7) is 7.35. The SMILES string of the molecule is Cc1ccc2c(c1)C(C)(C)C1(C=Nc3c(ccc4ccccc34)O1)N2CCCCCC(=O)O. The minimum absolute atomic E-state index is 0.213. The second-order valence-electron chi connectivity index (χ2n) is 9.69. The maximum atomic E-state index is 10.9. The number of aryl methyl sites for hydroxylation is 1. The Morgan fingerprint density at radius 2 is 1.88 bits per heavy atom. The predicted octanol–water partition coefficient (Wildman–Crippen LogP) is 6.38. The van der Waals surface area contributed by atoms with Gasteiger partial charge in [-0.15, -0.1) is 0 Å². The molecule has 5 nitrogen and oxygen atoms in total. The Kier molecular flexibility index (Phi) is 5.15. The first-order valence-electron chi connectivity index (χ1n) is 11.7. The molecule has 0 saturated heterocycles. The van der Waals surface area contributed by atoms with Crippen LogP contribution in [-0.4, -0.2) is 29.6 Å². The zero-order valence-corrected chi connectivity index (χ0v) is 19.5. The highest BCUT2D eigenvalue weighted by molar-refractivity contribution is 5.99. The van der Waals surface area contributed by atoms with Crippen molar-refractivity contribution in [3.63, 3.8) is 0 Å². The minimum atomic E-state index is -0.745. The summed E-state index contributed by atoms with van der Waals surface area (Å²) in [5.74, 6) is 0.0610. The maximum Gasteiger partial charge on any atom is 0.303 e. The van der Waals surface area contributed by atoms with E-state index in [4.69, 9.17) is 14.8 Å². The van der Waals surface area contributed by atoms with E-state index >= 15 is 0 Å². The van der Waals surface area contributed by atoms with Crippen LogP contribution >= 0.6 is 0 Å². The Morgan fingerprint density at radius 1 is 1.06 bits per heavy atom. The number of carbonyl (C=O) groups is 1. The Bertz CT molecular complexity index is 1260. The number of carboxylic acids is 1. The van der Waals surface area contributed by atoms with Gasteiger partial charge in [-0.25, -0.2) is 0 Å². The van der Waals surface area contributed by atoms with E-state index < -0.39 is 11.7 Å². The van der Waals surface area contributed by atoms with Crippen molar-refractivity contribution in [3.8, 4) is 5.75 Å². The molecule has 0 radical (unpaired) electrons. The third-order valence-electron chi connectivity index (χ3n) is 7.18. The topological polar surface area (TPSA) is 62.1 Å². The van der Waals surface area contributed by atoms with Gasteiger partial charge in [0.05, 0.1) is 11.6 Å². The highest BCUT2D eigenvalue weighted by Crippen LogP contribution is 2.55. The fraction of sp³-hybridized carbons (Fsp3) is 0.357. The summed E-state index contributed by atoms with van der Waals surface area (Å²) < 4.78 is 6.92. The Hall–Kier alpha value is -3.34. The Labute approximate surface area is 194 Å². The van der Waals surface area contributed by atoms with Crippen molar-refractivity contribution < 1.29 is 14.6 Å². The van der Waals surface area contributed by atoms with Crippen molar-refractivity contribution in [2.75, 3.05) is 11.4 Å². The molecule has 1 spiro atoms. The zero-order chi connectivity index (χ0) is 23.2. The molecule has 0 aliphatic carbocycles. The Balaban J connectivity index is 1.55. The van der Waals surface area contributed by atoms with Crippen LogP contribution in [-0.2, 0) is 10.2 Å². The lowest BCUT2D eigenvalue weighted by molar-refractivity contribution is -0.137. The van der Waals surface area contributed by atoms with Gasteiger partial charge in [-0.2, -0.15) is 0 Å². The van der Waals surface area contributed by atoms with Crippen LogP contribution in [0, 0.1) is 6.92 Å². The monoisotopic (exact) mass is 442 g/mol. The molecule has 3 aromatic rings. The van der Waals surface area contributed by atoms with Crippen molar-refractivity contribution in [3.05, 3.63) is 65.7 Å². The third kappa shape index (κ3) is 3.38. The fourth-order valence-corrected chi connectivity index (χ4v) is 5.32. The summed E-state index contributed by atoms with van der Waals surface area (Å²) in [4.78, 5) is 18.2. The second-order valence-corrected chi connectivity index (χ2v) is 9.69. The molecule has 0 amide bonds. The normalized spacial score (nSPS) is 20.0. The van der Waals surface area contributed by atoms with Gasteiger partial charge in [-0.3, -0.25) is 9.79 Å². The van der Waals surface area contributed by atoms with Gasteiger partial charge in [0.15, 0.2) is 0 Å². The van der Waals surface area contributed by atoms with Crippen molar-refractivity contribution in [1.29, 1.82) is 0 Å². The smallest absolute Gasteiger partial charge is 0.303 e. The molecule has 2 heterocycles. The van der Waals surface area contributed by atoms with Crippen molar-refractivity contribution in [2.24, 2.45) is 4.99 Å². The summed E-state index contributed by atoms with van der Waals surface area (Å²) >= 11 is 0. The van der Waals surface area contributed by atoms with E-state index in [-0.39, 0.29) is 11.8 Å². The van der Waals surface area contributed by atoms with E-state index in [1.165, 1.54) is 16.8 Å². The number of aliphatic imine (C=N–C) groups is 1. The highest BCUT2D eigenvalue weighted by atomic mass is 16.5. The van der Waals surface area contributed by atoms with E-state index in [0.29, 0.717) is 6.42 Å². The van der Waals surface area contributed by atoms with Crippen LogP contribution in [0.5, 0.6) is 5.75 Å².